The molecule has 1 aliphatic rings. The number of nitrogens with zero attached hydrogens (tertiary/aromatic N) is 4. The van der Waals surface area contributed by atoms with Crippen molar-refractivity contribution in [2.75, 3.05) is 33.4 Å². The Labute approximate surface area is 187 Å². The van der Waals surface area contributed by atoms with Gasteiger partial charge in [-0.3, -0.25) is 14.4 Å². The van der Waals surface area contributed by atoms with Gasteiger partial charge in [0.2, 0.25) is 0 Å². The van der Waals surface area contributed by atoms with E-state index in [1.165, 1.54) is 22.6 Å². The van der Waals surface area contributed by atoms with Gasteiger partial charge in [0.05, 0.1) is 17.2 Å². The first-order valence-electron chi connectivity index (χ1n) is 10.9. The number of carbonyl (C=O) groups excluding carboxylic acids is 1. The number of fused-ring (bicyclic) bond motifs is 1. The molecule has 0 aliphatic carbocycles. The van der Waals surface area contributed by atoms with Gasteiger partial charge in [-0.25, -0.2) is 4.98 Å². The standard InChI is InChI=1S/C23H31N5O2S/c1-5-28-16(3)19(15(2)26-28)14-27-11-8-17(13-27)20-18-7-6-9-25-23(18)31-21(20)22(29)24-10-12-30-4/h6-7,9,17H,5,8,10-14H2,1-4H3,(H,24,29). The van der Waals surface area contributed by atoms with Gasteiger partial charge in [-0.2, -0.15) is 5.10 Å². The highest BCUT2D eigenvalue weighted by Crippen LogP contribution is 2.39. The van der Waals surface area contributed by atoms with E-state index in [2.05, 4.69) is 51.8 Å². The van der Waals surface area contributed by atoms with E-state index < -0.39 is 0 Å². The highest BCUT2D eigenvalue weighted by atomic mass is 32.1. The summed E-state index contributed by atoms with van der Waals surface area (Å²) in [5.41, 5.74) is 4.86. The van der Waals surface area contributed by atoms with Gasteiger partial charge in [-0.05, 0) is 45.4 Å². The number of pyridine rings is 1. The molecule has 4 rings (SSSR count). The quantitative estimate of drug-likeness (QED) is 0.542. The number of ether oxygens (including phenoxy) is 1. The van der Waals surface area contributed by atoms with E-state index in [4.69, 9.17) is 4.74 Å². The third-order valence-corrected chi connectivity index (χ3v) is 7.32. The molecule has 0 aromatic carbocycles. The lowest BCUT2D eigenvalue weighted by Crippen LogP contribution is -2.27. The fourth-order valence-corrected chi connectivity index (χ4v) is 5.72. The minimum atomic E-state index is -0.0237. The van der Waals surface area contributed by atoms with Gasteiger partial charge in [0.15, 0.2) is 0 Å². The van der Waals surface area contributed by atoms with Crippen molar-refractivity contribution in [3.05, 3.63) is 45.7 Å². The Bertz CT molecular complexity index is 1070. The number of hydrogen-bond acceptors (Lipinski definition) is 6. The van der Waals surface area contributed by atoms with Gasteiger partial charge in [0.25, 0.3) is 5.91 Å². The maximum atomic E-state index is 13.0. The minimum absolute atomic E-state index is 0.0237. The SMILES string of the molecule is CCn1nc(C)c(CN2CCC(c3c(C(=O)NCCOC)sc4ncccc34)C2)c1C. The molecule has 0 spiro atoms. The van der Waals surface area contributed by atoms with Crippen LogP contribution in [0.3, 0.4) is 0 Å². The number of thiophene rings is 1. The summed E-state index contributed by atoms with van der Waals surface area (Å²) in [5, 5.41) is 8.78. The van der Waals surface area contributed by atoms with Gasteiger partial charge in [0.1, 0.15) is 4.83 Å². The Balaban J connectivity index is 1.57. The summed E-state index contributed by atoms with van der Waals surface area (Å²) in [6.07, 6.45) is 2.84. The van der Waals surface area contributed by atoms with Crippen molar-refractivity contribution in [1.82, 2.24) is 25.0 Å². The average molecular weight is 442 g/mol. The Morgan fingerprint density at radius 3 is 2.97 bits per heavy atom. The molecule has 3 aromatic heterocycles. The molecule has 1 aliphatic heterocycles. The molecule has 31 heavy (non-hydrogen) atoms. The molecule has 0 radical (unpaired) electrons. The maximum absolute atomic E-state index is 13.0. The van der Waals surface area contributed by atoms with Crippen LogP contribution >= 0.6 is 11.3 Å². The van der Waals surface area contributed by atoms with E-state index in [-0.39, 0.29) is 5.91 Å². The van der Waals surface area contributed by atoms with Crippen LogP contribution in [0.5, 0.6) is 0 Å². The van der Waals surface area contributed by atoms with E-state index in [1.54, 1.807) is 13.3 Å². The number of carbonyl (C=O) groups is 1. The number of rotatable bonds is 8. The Kier molecular flexibility index (Phi) is 6.69. The van der Waals surface area contributed by atoms with Gasteiger partial charge in [-0.1, -0.05) is 6.07 Å². The predicted molar refractivity (Wildman–Crippen MR) is 124 cm³/mol. The second-order valence-corrected chi connectivity index (χ2v) is 9.13. The first-order valence-corrected chi connectivity index (χ1v) is 11.7. The van der Waals surface area contributed by atoms with Crippen LogP contribution in [-0.2, 0) is 17.8 Å². The van der Waals surface area contributed by atoms with Gasteiger partial charge >= 0.3 is 0 Å². The van der Waals surface area contributed by atoms with Crippen LogP contribution in [0.1, 0.15) is 51.4 Å². The average Bonchev–Trinajstić information content (AvgIpc) is 3.45. The number of aryl methyl sites for hydroxylation is 2. The molecule has 1 unspecified atom stereocenters. The molecule has 8 heteroatoms. The first-order chi connectivity index (χ1) is 15.0. The van der Waals surface area contributed by atoms with Crippen molar-refractivity contribution in [2.45, 2.75) is 46.2 Å². The lowest BCUT2D eigenvalue weighted by atomic mass is 9.95. The Morgan fingerprint density at radius 2 is 2.23 bits per heavy atom. The zero-order valence-corrected chi connectivity index (χ0v) is 19.6. The van der Waals surface area contributed by atoms with E-state index in [1.807, 2.05) is 6.07 Å². The van der Waals surface area contributed by atoms with Gasteiger partial charge < -0.3 is 10.1 Å². The molecule has 1 atom stereocenters. The molecule has 1 N–H and O–H groups in total. The summed E-state index contributed by atoms with van der Waals surface area (Å²) in [6.45, 7) is 11.2. The number of nitrogens with one attached hydrogen (secondary N) is 1. The minimum Gasteiger partial charge on any atom is -0.383 e. The lowest BCUT2D eigenvalue weighted by Gasteiger charge is -2.17. The van der Waals surface area contributed by atoms with E-state index in [0.717, 1.165) is 59.0 Å². The summed E-state index contributed by atoms with van der Waals surface area (Å²) in [4.78, 5) is 21.7. The lowest BCUT2D eigenvalue weighted by molar-refractivity contribution is 0.0940. The zero-order chi connectivity index (χ0) is 22.0. The van der Waals surface area contributed by atoms with Gasteiger partial charge in [-0.15, -0.1) is 11.3 Å². The van der Waals surface area contributed by atoms with Crippen LogP contribution in [0.2, 0.25) is 0 Å². The molecule has 1 amide bonds. The predicted octanol–water partition coefficient (Wildman–Crippen LogP) is 3.50. The van der Waals surface area contributed by atoms with Crippen molar-refractivity contribution in [3.63, 3.8) is 0 Å². The summed E-state index contributed by atoms with van der Waals surface area (Å²) in [5.74, 6) is 0.298. The second-order valence-electron chi connectivity index (χ2n) is 8.14. The monoisotopic (exact) mass is 441 g/mol. The summed E-state index contributed by atoms with van der Waals surface area (Å²) in [7, 11) is 1.64. The van der Waals surface area contributed by atoms with Crippen molar-refractivity contribution in [3.8, 4) is 0 Å². The molecule has 1 fully saturated rings. The van der Waals surface area contributed by atoms with Crippen LogP contribution in [0, 0.1) is 13.8 Å². The van der Waals surface area contributed by atoms with E-state index >= 15 is 0 Å². The number of likely N-dealkylation sites (tertiary alicyclic amines) is 1. The molecule has 4 heterocycles. The van der Waals surface area contributed by atoms with Crippen molar-refractivity contribution in [2.24, 2.45) is 0 Å². The summed E-state index contributed by atoms with van der Waals surface area (Å²) >= 11 is 1.50. The maximum Gasteiger partial charge on any atom is 0.261 e. The zero-order valence-electron chi connectivity index (χ0n) is 18.8. The number of hydrogen-bond donors (Lipinski definition) is 1. The second kappa shape index (κ2) is 9.46. The molecular formula is C23H31N5O2S. The molecule has 0 bridgehead atoms. The number of amides is 1. The molecule has 3 aromatic rings. The normalized spacial score (nSPS) is 17.0. The largest absolute Gasteiger partial charge is 0.383 e. The number of aromatic nitrogens is 3. The highest BCUT2D eigenvalue weighted by Gasteiger charge is 2.31. The number of methoxy groups -OCH3 is 1. The van der Waals surface area contributed by atoms with Crippen molar-refractivity contribution in [1.29, 1.82) is 0 Å². The van der Waals surface area contributed by atoms with Crippen LogP contribution in [0.25, 0.3) is 10.2 Å². The fraction of sp³-hybridized carbons (Fsp3) is 0.522. The third kappa shape index (κ3) is 4.37. The first kappa shape index (κ1) is 21.9. The topological polar surface area (TPSA) is 72.3 Å². The molecule has 1 saturated heterocycles. The molecule has 166 valence electrons. The van der Waals surface area contributed by atoms with Crippen LogP contribution in [0.15, 0.2) is 18.3 Å². The van der Waals surface area contributed by atoms with E-state index in [9.17, 15) is 4.79 Å². The molecular weight excluding hydrogens is 410 g/mol. The summed E-state index contributed by atoms with van der Waals surface area (Å²) < 4.78 is 7.16. The van der Waals surface area contributed by atoms with Crippen molar-refractivity contribution >= 4 is 27.5 Å². The van der Waals surface area contributed by atoms with Crippen LogP contribution in [-0.4, -0.2) is 58.9 Å². The molecule has 7 nitrogen and oxygen atoms in total. The van der Waals surface area contributed by atoms with Crippen LogP contribution in [0.4, 0.5) is 0 Å². The Hall–Kier alpha value is -2.29. The molecule has 0 saturated carbocycles. The third-order valence-electron chi connectivity index (χ3n) is 6.20. The van der Waals surface area contributed by atoms with Crippen LogP contribution < -0.4 is 5.32 Å². The summed E-state index contributed by atoms with van der Waals surface area (Å²) in [6, 6.07) is 4.06. The Morgan fingerprint density at radius 1 is 1.39 bits per heavy atom. The smallest absolute Gasteiger partial charge is 0.261 e. The van der Waals surface area contributed by atoms with Crippen molar-refractivity contribution < 1.29 is 9.53 Å². The fourth-order valence-electron chi connectivity index (χ4n) is 4.58. The van der Waals surface area contributed by atoms with E-state index in [0.29, 0.717) is 19.1 Å². The van der Waals surface area contributed by atoms with Gasteiger partial charge in [0, 0.05) is 62.0 Å². The highest BCUT2D eigenvalue weighted by molar-refractivity contribution is 7.20.